The Labute approximate surface area is 76.1 Å². The molecule has 0 spiro atoms. The fraction of sp³-hybridized carbons (Fsp3) is 0.833. The summed E-state index contributed by atoms with van der Waals surface area (Å²) < 4.78 is 0. The summed E-state index contributed by atoms with van der Waals surface area (Å²) in [5, 5.41) is 19.3. The van der Waals surface area contributed by atoms with E-state index in [0.29, 0.717) is 5.75 Å². The summed E-state index contributed by atoms with van der Waals surface area (Å²) in [6, 6.07) is -0.929. The minimum atomic E-state index is -0.945. The molecule has 72 valence electrons. The minimum Gasteiger partial charge on any atom is -0.480 e. The predicted molar refractivity (Wildman–Crippen MR) is 46.5 cm³/mol. The van der Waals surface area contributed by atoms with E-state index in [1.165, 1.54) is 6.92 Å². The Balaban J connectivity index is 3.76. The van der Waals surface area contributed by atoms with Crippen LogP contribution in [0.3, 0.4) is 0 Å². The monoisotopic (exact) mass is 195 g/mol. The van der Waals surface area contributed by atoms with Crippen molar-refractivity contribution in [1.82, 2.24) is 5.32 Å². The highest BCUT2D eigenvalue weighted by Crippen LogP contribution is 1.92. The van der Waals surface area contributed by atoms with Gasteiger partial charge in [0.25, 0.3) is 0 Å². The molecule has 0 heterocycles. The van der Waals surface area contributed by atoms with E-state index in [-0.39, 0.29) is 12.6 Å². The number of hydrogen-bond donors (Lipinski definition) is 4. The maximum Gasteiger partial charge on any atom is 0.320 e. The first-order valence-corrected chi connectivity index (χ1v) is 4.11. The van der Waals surface area contributed by atoms with Gasteiger partial charge < -0.3 is 5.11 Å². The molecule has 0 aliphatic carbocycles. The average molecular weight is 195 g/mol. The van der Waals surface area contributed by atoms with E-state index in [2.05, 4.69) is 22.8 Å². The van der Waals surface area contributed by atoms with Crippen LogP contribution in [0.4, 0.5) is 0 Å². The first kappa shape index (κ1) is 11.7. The van der Waals surface area contributed by atoms with Crippen molar-refractivity contribution in [2.75, 3.05) is 12.4 Å². The molecule has 6 heteroatoms. The second-order valence-electron chi connectivity index (χ2n) is 2.40. The summed E-state index contributed by atoms with van der Waals surface area (Å²) in [5.74, 6) is -0.544. The van der Waals surface area contributed by atoms with Crippen LogP contribution < -0.4 is 5.32 Å². The summed E-state index contributed by atoms with van der Waals surface area (Å²) in [7, 11) is 0. The van der Waals surface area contributed by atoms with Gasteiger partial charge in [0.2, 0.25) is 0 Å². The van der Waals surface area contributed by atoms with Gasteiger partial charge in [-0.1, -0.05) is 0 Å². The standard InChI is InChI=1S/C6H13NO4S/c1-4(6(8)9)7-5(3-12)2-11-10/h4-5,7,10,12H,2-3H2,1H3,(H,8,9). The van der Waals surface area contributed by atoms with Crippen LogP contribution in [0.2, 0.25) is 0 Å². The molecule has 0 aromatic carbocycles. The lowest BCUT2D eigenvalue weighted by atomic mass is 10.3. The fourth-order valence-electron chi connectivity index (χ4n) is 0.668. The molecule has 0 aromatic rings. The summed E-state index contributed by atoms with van der Waals surface area (Å²) in [6.07, 6.45) is 0. The Morgan fingerprint density at radius 2 is 2.33 bits per heavy atom. The normalized spacial score (nSPS) is 15.6. The maximum absolute atomic E-state index is 10.4. The Bertz CT molecular complexity index is 144. The van der Waals surface area contributed by atoms with Gasteiger partial charge in [0.05, 0.1) is 6.61 Å². The van der Waals surface area contributed by atoms with Gasteiger partial charge in [0, 0.05) is 11.8 Å². The van der Waals surface area contributed by atoms with Crippen molar-refractivity contribution < 1.29 is 20.0 Å². The number of carboxylic acids is 1. The molecule has 2 unspecified atom stereocenters. The number of nitrogens with one attached hydrogen (secondary N) is 1. The highest BCUT2D eigenvalue weighted by atomic mass is 32.1. The Kier molecular flexibility index (Phi) is 6.09. The largest absolute Gasteiger partial charge is 0.480 e. The molecule has 0 radical (unpaired) electrons. The highest BCUT2D eigenvalue weighted by molar-refractivity contribution is 7.80. The number of rotatable bonds is 6. The number of hydrogen-bond acceptors (Lipinski definition) is 5. The zero-order valence-corrected chi connectivity index (χ0v) is 7.62. The van der Waals surface area contributed by atoms with Crippen molar-refractivity contribution >= 4 is 18.6 Å². The van der Waals surface area contributed by atoms with Crippen LogP contribution in [0.1, 0.15) is 6.92 Å². The van der Waals surface area contributed by atoms with Crippen molar-refractivity contribution in [2.24, 2.45) is 0 Å². The molecule has 0 saturated heterocycles. The Morgan fingerprint density at radius 3 is 2.67 bits per heavy atom. The van der Waals surface area contributed by atoms with E-state index in [0.717, 1.165) is 0 Å². The lowest BCUT2D eigenvalue weighted by Gasteiger charge is -2.17. The first-order valence-electron chi connectivity index (χ1n) is 3.48. The SMILES string of the molecule is CC(NC(CS)COO)C(=O)O. The van der Waals surface area contributed by atoms with Crippen molar-refractivity contribution in [2.45, 2.75) is 19.0 Å². The van der Waals surface area contributed by atoms with Crippen LogP contribution in [0.15, 0.2) is 0 Å². The van der Waals surface area contributed by atoms with Gasteiger partial charge in [-0.3, -0.25) is 15.4 Å². The summed E-state index contributed by atoms with van der Waals surface area (Å²) >= 11 is 3.95. The van der Waals surface area contributed by atoms with Gasteiger partial charge in [0.15, 0.2) is 0 Å². The van der Waals surface area contributed by atoms with E-state index in [9.17, 15) is 4.79 Å². The molecule has 0 rings (SSSR count). The third kappa shape index (κ3) is 4.55. The molecular weight excluding hydrogens is 182 g/mol. The van der Waals surface area contributed by atoms with Gasteiger partial charge in [-0.15, -0.1) is 0 Å². The molecule has 0 aromatic heterocycles. The smallest absolute Gasteiger partial charge is 0.320 e. The third-order valence-electron chi connectivity index (χ3n) is 1.35. The van der Waals surface area contributed by atoms with E-state index >= 15 is 0 Å². The van der Waals surface area contributed by atoms with E-state index in [4.69, 9.17) is 10.4 Å². The van der Waals surface area contributed by atoms with Crippen LogP contribution in [0.5, 0.6) is 0 Å². The minimum absolute atomic E-state index is 0.0289. The molecule has 5 nitrogen and oxygen atoms in total. The summed E-state index contributed by atoms with van der Waals surface area (Å²) in [5.41, 5.74) is 0. The summed E-state index contributed by atoms with van der Waals surface area (Å²) in [6.45, 7) is 1.54. The molecule has 0 fully saturated rings. The maximum atomic E-state index is 10.4. The lowest BCUT2D eigenvalue weighted by Crippen LogP contribution is -2.44. The number of thiol groups is 1. The van der Waals surface area contributed by atoms with Crippen molar-refractivity contribution in [3.63, 3.8) is 0 Å². The zero-order chi connectivity index (χ0) is 9.56. The molecule has 12 heavy (non-hydrogen) atoms. The first-order chi connectivity index (χ1) is 5.61. The number of carboxylic acid groups (broad SMARTS) is 1. The van der Waals surface area contributed by atoms with Gasteiger partial charge in [-0.25, -0.2) is 4.89 Å². The van der Waals surface area contributed by atoms with Gasteiger partial charge in [0.1, 0.15) is 6.04 Å². The van der Waals surface area contributed by atoms with E-state index < -0.39 is 12.0 Å². The highest BCUT2D eigenvalue weighted by Gasteiger charge is 2.15. The van der Waals surface area contributed by atoms with Crippen LogP contribution in [-0.4, -0.2) is 40.8 Å². The van der Waals surface area contributed by atoms with Crippen LogP contribution in [0, 0.1) is 0 Å². The molecule has 0 aliphatic heterocycles. The van der Waals surface area contributed by atoms with Crippen LogP contribution in [-0.2, 0) is 9.68 Å². The average Bonchev–Trinajstić information content (AvgIpc) is 2.03. The van der Waals surface area contributed by atoms with Crippen LogP contribution >= 0.6 is 12.6 Å². The third-order valence-corrected chi connectivity index (χ3v) is 1.79. The summed E-state index contributed by atoms with van der Waals surface area (Å²) in [4.78, 5) is 14.2. The van der Waals surface area contributed by atoms with Crippen molar-refractivity contribution in [1.29, 1.82) is 0 Å². The predicted octanol–water partition coefficient (Wildman–Crippen LogP) is -0.163. The number of aliphatic carboxylic acids is 1. The topological polar surface area (TPSA) is 78.8 Å². The quantitative estimate of drug-likeness (QED) is 0.269. The Morgan fingerprint density at radius 1 is 1.75 bits per heavy atom. The van der Waals surface area contributed by atoms with Gasteiger partial charge in [-0.2, -0.15) is 12.6 Å². The molecule has 0 saturated carbocycles. The van der Waals surface area contributed by atoms with Crippen molar-refractivity contribution in [3.8, 4) is 0 Å². The van der Waals surface area contributed by atoms with Gasteiger partial charge in [-0.05, 0) is 6.92 Å². The molecule has 0 aliphatic rings. The molecule has 0 amide bonds. The number of carbonyl (C=O) groups is 1. The second kappa shape index (κ2) is 6.24. The molecule has 2 atom stereocenters. The molecular formula is C6H13NO4S. The zero-order valence-electron chi connectivity index (χ0n) is 6.73. The van der Waals surface area contributed by atoms with Gasteiger partial charge >= 0.3 is 5.97 Å². The molecule has 0 bridgehead atoms. The fourth-order valence-corrected chi connectivity index (χ4v) is 0.879. The van der Waals surface area contributed by atoms with E-state index in [1.807, 2.05) is 0 Å². The Hall–Kier alpha value is -0.300. The lowest BCUT2D eigenvalue weighted by molar-refractivity contribution is -0.245. The van der Waals surface area contributed by atoms with E-state index in [1.54, 1.807) is 0 Å². The van der Waals surface area contributed by atoms with Crippen LogP contribution in [0.25, 0.3) is 0 Å². The van der Waals surface area contributed by atoms with Crippen molar-refractivity contribution in [3.05, 3.63) is 0 Å². The second-order valence-corrected chi connectivity index (χ2v) is 2.77. The molecule has 3 N–H and O–H groups in total.